The molecule has 19 heavy (non-hydrogen) atoms. The van der Waals surface area contributed by atoms with E-state index in [1.54, 1.807) is 29.0 Å². The Balaban J connectivity index is 1.94. The summed E-state index contributed by atoms with van der Waals surface area (Å²) in [4.78, 5) is 20.3. The second kappa shape index (κ2) is 6.29. The van der Waals surface area contributed by atoms with Gasteiger partial charge in [0.05, 0.1) is 11.2 Å². The van der Waals surface area contributed by atoms with Crippen LogP contribution in [0.5, 0.6) is 0 Å². The van der Waals surface area contributed by atoms with Crippen molar-refractivity contribution >= 4 is 23.1 Å². The summed E-state index contributed by atoms with van der Waals surface area (Å²) in [7, 11) is 0. The van der Waals surface area contributed by atoms with Gasteiger partial charge < -0.3 is 11.1 Å². The summed E-state index contributed by atoms with van der Waals surface area (Å²) in [6.07, 6.45) is 1.49. The lowest BCUT2D eigenvalue weighted by Gasteiger charge is -2.06. The van der Waals surface area contributed by atoms with Crippen LogP contribution >= 0.6 is 11.3 Å². The van der Waals surface area contributed by atoms with Crippen molar-refractivity contribution in [1.29, 1.82) is 0 Å². The molecule has 0 radical (unpaired) electrons. The van der Waals surface area contributed by atoms with Gasteiger partial charge in [0.2, 0.25) is 0 Å². The van der Waals surface area contributed by atoms with Crippen LogP contribution < -0.4 is 11.1 Å². The highest BCUT2D eigenvalue weighted by atomic mass is 32.1. The van der Waals surface area contributed by atoms with Gasteiger partial charge in [-0.2, -0.15) is 0 Å². The van der Waals surface area contributed by atoms with E-state index in [1.165, 1.54) is 0 Å². The Labute approximate surface area is 115 Å². The smallest absolute Gasteiger partial charge is 0.251 e. The lowest BCUT2D eigenvalue weighted by Crippen LogP contribution is -2.26. The van der Waals surface area contributed by atoms with Crippen molar-refractivity contribution in [1.82, 2.24) is 15.3 Å². The van der Waals surface area contributed by atoms with E-state index in [2.05, 4.69) is 15.3 Å². The minimum absolute atomic E-state index is 0.126. The predicted octanol–water partition coefficient (Wildman–Crippen LogP) is 1.66. The molecular formula is C13H16N4OS. The second-order valence-electron chi connectivity index (χ2n) is 4.11. The maximum absolute atomic E-state index is 12.0. The monoisotopic (exact) mass is 276 g/mol. The van der Waals surface area contributed by atoms with E-state index in [9.17, 15) is 4.79 Å². The SMILES string of the molecule is CCc1cc(C(=O)NCCc2cscn2)cc(N)n1. The van der Waals surface area contributed by atoms with Crippen LogP contribution in [0.4, 0.5) is 5.82 Å². The van der Waals surface area contributed by atoms with Crippen molar-refractivity contribution in [3.05, 3.63) is 40.0 Å². The topological polar surface area (TPSA) is 80.9 Å². The Hall–Kier alpha value is -1.95. The molecule has 0 aromatic carbocycles. The molecule has 0 fully saturated rings. The van der Waals surface area contributed by atoms with E-state index in [-0.39, 0.29) is 5.91 Å². The van der Waals surface area contributed by atoms with Crippen molar-refractivity contribution in [3.8, 4) is 0 Å². The zero-order valence-corrected chi connectivity index (χ0v) is 11.5. The number of nitrogens with zero attached hydrogens (tertiary/aromatic N) is 2. The van der Waals surface area contributed by atoms with Crippen molar-refractivity contribution in [2.24, 2.45) is 0 Å². The maximum Gasteiger partial charge on any atom is 0.251 e. The zero-order chi connectivity index (χ0) is 13.7. The van der Waals surface area contributed by atoms with E-state index in [4.69, 9.17) is 5.73 Å². The molecule has 2 aromatic heterocycles. The Morgan fingerprint density at radius 2 is 2.26 bits per heavy atom. The van der Waals surface area contributed by atoms with Gasteiger partial charge in [-0.15, -0.1) is 11.3 Å². The molecule has 6 heteroatoms. The minimum atomic E-state index is -0.126. The fraction of sp³-hybridized carbons (Fsp3) is 0.308. The van der Waals surface area contributed by atoms with Gasteiger partial charge in [0.15, 0.2) is 0 Å². The largest absolute Gasteiger partial charge is 0.384 e. The first-order chi connectivity index (χ1) is 9.19. The molecule has 0 unspecified atom stereocenters. The molecule has 0 saturated heterocycles. The summed E-state index contributed by atoms with van der Waals surface area (Å²) in [6.45, 7) is 2.54. The quantitative estimate of drug-likeness (QED) is 0.870. The molecular weight excluding hydrogens is 260 g/mol. The molecule has 0 saturated carbocycles. The molecule has 3 N–H and O–H groups in total. The molecule has 0 aliphatic rings. The van der Waals surface area contributed by atoms with E-state index in [0.29, 0.717) is 17.9 Å². The number of anilines is 1. The van der Waals surface area contributed by atoms with Gasteiger partial charge in [0, 0.05) is 29.6 Å². The van der Waals surface area contributed by atoms with Gasteiger partial charge >= 0.3 is 0 Å². The van der Waals surface area contributed by atoms with Gasteiger partial charge in [-0.3, -0.25) is 4.79 Å². The van der Waals surface area contributed by atoms with Crippen LogP contribution in [0.2, 0.25) is 0 Å². The Kier molecular flexibility index (Phi) is 4.46. The van der Waals surface area contributed by atoms with Gasteiger partial charge in [-0.25, -0.2) is 9.97 Å². The number of aryl methyl sites for hydroxylation is 1. The molecule has 2 heterocycles. The number of nitrogens with two attached hydrogens (primary N) is 1. The highest BCUT2D eigenvalue weighted by Crippen LogP contribution is 2.08. The number of carbonyl (C=O) groups excluding carboxylic acids is 1. The van der Waals surface area contributed by atoms with Crippen LogP contribution in [0.15, 0.2) is 23.0 Å². The number of rotatable bonds is 5. The van der Waals surface area contributed by atoms with Crippen LogP contribution in [0.1, 0.15) is 28.7 Å². The highest BCUT2D eigenvalue weighted by Gasteiger charge is 2.08. The van der Waals surface area contributed by atoms with Crippen LogP contribution in [0.3, 0.4) is 0 Å². The van der Waals surface area contributed by atoms with Crippen molar-refractivity contribution in [3.63, 3.8) is 0 Å². The second-order valence-corrected chi connectivity index (χ2v) is 4.83. The van der Waals surface area contributed by atoms with E-state index in [1.807, 2.05) is 12.3 Å². The summed E-state index contributed by atoms with van der Waals surface area (Å²) in [6, 6.07) is 3.37. The van der Waals surface area contributed by atoms with Gasteiger partial charge in [-0.05, 0) is 18.6 Å². The number of pyridine rings is 1. The minimum Gasteiger partial charge on any atom is -0.384 e. The van der Waals surface area contributed by atoms with Gasteiger partial charge in [0.1, 0.15) is 5.82 Å². The van der Waals surface area contributed by atoms with Crippen molar-refractivity contribution in [2.45, 2.75) is 19.8 Å². The molecule has 0 aliphatic heterocycles. The summed E-state index contributed by atoms with van der Waals surface area (Å²) >= 11 is 1.55. The molecule has 5 nitrogen and oxygen atoms in total. The third kappa shape index (κ3) is 3.75. The number of thiazole rings is 1. The zero-order valence-electron chi connectivity index (χ0n) is 10.7. The number of aromatic nitrogens is 2. The fourth-order valence-corrected chi connectivity index (χ4v) is 2.28. The molecule has 2 aromatic rings. The molecule has 0 aliphatic carbocycles. The molecule has 0 spiro atoms. The number of nitrogen functional groups attached to an aromatic ring is 1. The number of hydrogen-bond donors (Lipinski definition) is 2. The third-order valence-electron chi connectivity index (χ3n) is 2.67. The van der Waals surface area contributed by atoms with Crippen LogP contribution in [-0.2, 0) is 12.8 Å². The Bertz CT molecular complexity index is 554. The Morgan fingerprint density at radius 3 is 2.95 bits per heavy atom. The molecule has 100 valence electrons. The average Bonchev–Trinajstić information content (AvgIpc) is 2.91. The summed E-state index contributed by atoms with van der Waals surface area (Å²) in [5.74, 6) is 0.253. The van der Waals surface area contributed by atoms with Crippen LogP contribution in [0.25, 0.3) is 0 Å². The molecule has 1 amide bonds. The first-order valence-corrected chi connectivity index (χ1v) is 7.05. The molecule has 2 rings (SSSR count). The predicted molar refractivity (Wildman–Crippen MR) is 76.2 cm³/mol. The maximum atomic E-state index is 12.0. The van der Waals surface area contributed by atoms with Crippen molar-refractivity contribution < 1.29 is 4.79 Å². The van der Waals surface area contributed by atoms with E-state index >= 15 is 0 Å². The molecule has 0 bridgehead atoms. The lowest BCUT2D eigenvalue weighted by molar-refractivity contribution is 0.0954. The first kappa shape index (κ1) is 13.5. The summed E-state index contributed by atoms with van der Waals surface area (Å²) in [5, 5.41) is 4.84. The first-order valence-electron chi connectivity index (χ1n) is 6.10. The van der Waals surface area contributed by atoms with Crippen molar-refractivity contribution in [2.75, 3.05) is 12.3 Å². The van der Waals surface area contributed by atoms with E-state index in [0.717, 1.165) is 24.2 Å². The van der Waals surface area contributed by atoms with Gasteiger partial charge in [0.25, 0.3) is 5.91 Å². The van der Waals surface area contributed by atoms with Crippen LogP contribution in [-0.4, -0.2) is 22.4 Å². The average molecular weight is 276 g/mol. The normalized spacial score (nSPS) is 10.4. The molecule has 0 atom stereocenters. The number of amides is 1. The number of nitrogens with one attached hydrogen (secondary N) is 1. The fourth-order valence-electron chi connectivity index (χ4n) is 1.69. The van der Waals surface area contributed by atoms with E-state index < -0.39 is 0 Å². The lowest BCUT2D eigenvalue weighted by atomic mass is 10.2. The van der Waals surface area contributed by atoms with Crippen LogP contribution in [0, 0.1) is 0 Å². The standard InChI is InChI=1S/C13H16N4OS/c1-2-10-5-9(6-12(14)17-10)13(18)15-4-3-11-7-19-8-16-11/h5-8H,2-4H2,1H3,(H2,14,17)(H,15,18). The summed E-state index contributed by atoms with van der Waals surface area (Å²) < 4.78 is 0. The van der Waals surface area contributed by atoms with Gasteiger partial charge in [-0.1, -0.05) is 6.92 Å². The number of carbonyl (C=O) groups is 1. The third-order valence-corrected chi connectivity index (χ3v) is 3.31. The highest BCUT2D eigenvalue weighted by molar-refractivity contribution is 7.07. The number of hydrogen-bond acceptors (Lipinski definition) is 5. The summed E-state index contributed by atoms with van der Waals surface area (Å²) in [5.41, 5.74) is 9.84. The Morgan fingerprint density at radius 1 is 1.42 bits per heavy atom.